The van der Waals surface area contributed by atoms with Gasteiger partial charge in [-0.1, -0.05) is 6.07 Å². The van der Waals surface area contributed by atoms with Gasteiger partial charge in [-0.2, -0.15) is 5.26 Å². The van der Waals surface area contributed by atoms with Crippen LogP contribution in [0.5, 0.6) is 11.5 Å². The molecule has 220 valence electrons. The fourth-order valence-corrected chi connectivity index (χ4v) is 3.54. The van der Waals surface area contributed by atoms with Crippen molar-refractivity contribution >= 4 is 23.3 Å². The lowest BCUT2D eigenvalue weighted by atomic mass is 10.1. The fraction of sp³-hybridized carbons (Fsp3) is 0.308. The van der Waals surface area contributed by atoms with Crippen LogP contribution in [-0.4, -0.2) is 51.1 Å². The predicted octanol–water partition coefficient (Wildman–Crippen LogP) is 3.19. The van der Waals surface area contributed by atoms with Crippen LogP contribution in [0.2, 0.25) is 0 Å². The van der Waals surface area contributed by atoms with Gasteiger partial charge in [0, 0.05) is 0 Å². The van der Waals surface area contributed by atoms with Crippen LogP contribution in [0.3, 0.4) is 0 Å². The molecule has 16 nitrogen and oxygen atoms in total. The first-order chi connectivity index (χ1) is 19.7. The number of carbonyl (C=O) groups excluding carboxylic acids is 2. The average Bonchev–Trinajstić information content (AvgIpc) is 2.90. The van der Waals surface area contributed by atoms with E-state index < -0.39 is 63.1 Å². The van der Waals surface area contributed by atoms with Crippen molar-refractivity contribution in [3.8, 4) is 17.6 Å². The molecule has 0 aliphatic carbocycles. The summed E-state index contributed by atoms with van der Waals surface area (Å²) in [5.74, 6) is 3.75. The molecule has 0 saturated carbocycles. The average molecular weight is 583 g/mol. The van der Waals surface area contributed by atoms with Crippen LogP contribution in [0, 0.1) is 31.6 Å². The normalized spacial score (nSPS) is 14.8. The standard InChI is InChI=1S/C26H26N6O10/c1-5-39-21(33)13-19-22(32(37)38)23(40-18-10-9-16(14-27)20(12-18)31(35)36)30(28)25(29-19)41-17-8-6-7-15(11-17)24(34)42-26(2,3)4/h6-12,25H,5,13,28H2,1-4H3. The number of nitro groups is 2. The maximum Gasteiger partial charge on any atom is 0.352 e. The van der Waals surface area contributed by atoms with Crippen molar-refractivity contribution in [2.24, 2.45) is 10.8 Å². The Balaban J connectivity index is 2.06. The number of hydrogen-bond acceptors (Lipinski definition) is 14. The Morgan fingerprint density at radius 1 is 1.12 bits per heavy atom. The first-order valence-corrected chi connectivity index (χ1v) is 12.3. The van der Waals surface area contributed by atoms with Crippen LogP contribution < -0.4 is 15.3 Å². The number of esters is 2. The number of hydrazine groups is 1. The van der Waals surface area contributed by atoms with Crippen molar-refractivity contribution in [1.82, 2.24) is 5.01 Å². The van der Waals surface area contributed by atoms with Gasteiger partial charge in [0.25, 0.3) is 17.9 Å². The maximum atomic E-state index is 12.5. The van der Waals surface area contributed by atoms with E-state index in [9.17, 15) is 29.8 Å². The molecular weight excluding hydrogens is 556 g/mol. The van der Waals surface area contributed by atoms with E-state index in [1.165, 1.54) is 30.3 Å². The van der Waals surface area contributed by atoms with Crippen molar-refractivity contribution in [2.45, 2.75) is 46.1 Å². The van der Waals surface area contributed by atoms with Gasteiger partial charge in [-0.3, -0.25) is 25.0 Å². The third-order valence-electron chi connectivity index (χ3n) is 5.23. The minimum absolute atomic E-state index is 0.0116. The van der Waals surface area contributed by atoms with Crippen molar-refractivity contribution in [3.05, 3.63) is 85.4 Å². The summed E-state index contributed by atoms with van der Waals surface area (Å²) in [6.07, 6.45) is -2.24. The highest BCUT2D eigenvalue weighted by Gasteiger charge is 2.41. The quantitative estimate of drug-likeness (QED) is 0.184. The molecule has 0 spiro atoms. The van der Waals surface area contributed by atoms with Crippen LogP contribution in [-0.2, 0) is 14.3 Å². The van der Waals surface area contributed by atoms with E-state index in [1.807, 2.05) is 0 Å². The molecular formula is C26H26N6O10. The molecule has 3 rings (SSSR count). The molecule has 1 aliphatic rings. The van der Waals surface area contributed by atoms with Crippen LogP contribution >= 0.6 is 0 Å². The zero-order valence-corrected chi connectivity index (χ0v) is 22.9. The number of ether oxygens (including phenoxy) is 4. The number of hydrogen-bond donors (Lipinski definition) is 1. The van der Waals surface area contributed by atoms with Gasteiger partial charge < -0.3 is 18.9 Å². The van der Waals surface area contributed by atoms with Crippen LogP contribution in [0.1, 0.15) is 50.0 Å². The second kappa shape index (κ2) is 12.7. The first kappa shape index (κ1) is 31.0. The molecule has 0 radical (unpaired) electrons. The fourth-order valence-electron chi connectivity index (χ4n) is 3.54. The summed E-state index contributed by atoms with van der Waals surface area (Å²) in [5, 5.41) is 33.3. The first-order valence-electron chi connectivity index (χ1n) is 12.3. The third-order valence-corrected chi connectivity index (χ3v) is 5.23. The van der Waals surface area contributed by atoms with Gasteiger partial charge in [0.15, 0.2) is 0 Å². The van der Waals surface area contributed by atoms with Gasteiger partial charge in [0.05, 0.1) is 34.5 Å². The lowest BCUT2D eigenvalue weighted by Crippen LogP contribution is -2.49. The van der Waals surface area contributed by atoms with E-state index in [-0.39, 0.29) is 29.2 Å². The molecule has 0 saturated heterocycles. The molecule has 0 amide bonds. The lowest BCUT2D eigenvalue weighted by molar-refractivity contribution is -0.420. The molecule has 2 N–H and O–H groups in total. The van der Waals surface area contributed by atoms with Gasteiger partial charge in [0.1, 0.15) is 34.4 Å². The molecule has 1 unspecified atom stereocenters. The van der Waals surface area contributed by atoms with E-state index >= 15 is 0 Å². The van der Waals surface area contributed by atoms with Crippen LogP contribution in [0.25, 0.3) is 0 Å². The largest absolute Gasteiger partial charge is 0.466 e. The number of carbonyl (C=O) groups is 2. The van der Waals surface area contributed by atoms with Crippen molar-refractivity contribution in [1.29, 1.82) is 5.26 Å². The van der Waals surface area contributed by atoms with Crippen LogP contribution in [0.15, 0.2) is 59.0 Å². The highest BCUT2D eigenvalue weighted by Crippen LogP contribution is 2.30. The second-order valence-electron chi connectivity index (χ2n) is 9.50. The Kier molecular flexibility index (Phi) is 9.40. The molecule has 2 aromatic carbocycles. The summed E-state index contributed by atoms with van der Waals surface area (Å²) in [6, 6.07) is 10.6. The van der Waals surface area contributed by atoms with E-state index in [4.69, 9.17) is 30.1 Å². The van der Waals surface area contributed by atoms with E-state index in [1.54, 1.807) is 33.8 Å². The topological polar surface area (TPSA) is 223 Å². The van der Waals surface area contributed by atoms with Gasteiger partial charge in [-0.25, -0.2) is 20.6 Å². The highest BCUT2D eigenvalue weighted by atomic mass is 16.6. The highest BCUT2D eigenvalue weighted by molar-refractivity contribution is 6.08. The molecule has 42 heavy (non-hydrogen) atoms. The Hall–Kier alpha value is -5.56. The molecule has 16 heteroatoms. The van der Waals surface area contributed by atoms with E-state index in [0.29, 0.717) is 5.01 Å². The zero-order chi connectivity index (χ0) is 31.2. The molecule has 0 aromatic heterocycles. The number of allylic oxidation sites excluding steroid dienone is 1. The predicted molar refractivity (Wildman–Crippen MR) is 143 cm³/mol. The van der Waals surface area contributed by atoms with Gasteiger partial charge >= 0.3 is 17.6 Å². The molecule has 1 heterocycles. The summed E-state index contributed by atoms with van der Waals surface area (Å²) in [6.45, 7) is 6.62. The molecule has 1 atom stereocenters. The smallest absolute Gasteiger partial charge is 0.352 e. The maximum absolute atomic E-state index is 12.5. The minimum atomic E-state index is -1.57. The SMILES string of the molecule is CCOC(=O)CC1=NC(Oc2cccc(C(=O)OC(C)(C)C)c2)N(N)C(Oc2ccc(C#N)c([N+](=O)[O-])c2)=C1[N+](=O)[O-]. The Morgan fingerprint density at radius 3 is 2.43 bits per heavy atom. The number of nitro benzene ring substituents is 1. The molecule has 0 fully saturated rings. The van der Waals surface area contributed by atoms with Gasteiger partial charge in [0.2, 0.25) is 0 Å². The van der Waals surface area contributed by atoms with Crippen molar-refractivity contribution in [3.63, 3.8) is 0 Å². The number of rotatable bonds is 10. The third kappa shape index (κ3) is 7.55. The summed E-state index contributed by atoms with van der Waals surface area (Å²) in [7, 11) is 0. The number of aliphatic imine (C=N–C) groups is 1. The second-order valence-corrected chi connectivity index (χ2v) is 9.50. The number of nitrogens with two attached hydrogens (primary N) is 1. The number of benzene rings is 2. The van der Waals surface area contributed by atoms with E-state index in [0.717, 1.165) is 12.1 Å². The minimum Gasteiger partial charge on any atom is -0.466 e. The zero-order valence-electron chi connectivity index (χ0n) is 22.9. The number of nitriles is 1. The molecule has 0 bridgehead atoms. The molecule has 2 aromatic rings. The Morgan fingerprint density at radius 2 is 1.83 bits per heavy atom. The lowest BCUT2D eigenvalue weighted by Gasteiger charge is -2.31. The van der Waals surface area contributed by atoms with E-state index in [2.05, 4.69) is 4.99 Å². The summed E-state index contributed by atoms with van der Waals surface area (Å²) < 4.78 is 21.7. The van der Waals surface area contributed by atoms with Gasteiger partial charge in [-0.15, -0.1) is 0 Å². The summed E-state index contributed by atoms with van der Waals surface area (Å²) in [4.78, 5) is 50.8. The Bertz CT molecular complexity index is 1520. The summed E-state index contributed by atoms with van der Waals surface area (Å²) in [5.41, 5.74) is -2.80. The van der Waals surface area contributed by atoms with Crippen LogP contribution in [0.4, 0.5) is 5.69 Å². The van der Waals surface area contributed by atoms with Crippen molar-refractivity contribution < 1.29 is 38.4 Å². The Labute approximate surface area is 238 Å². The summed E-state index contributed by atoms with van der Waals surface area (Å²) >= 11 is 0. The molecule has 1 aliphatic heterocycles. The monoisotopic (exact) mass is 582 g/mol. The van der Waals surface area contributed by atoms with Crippen molar-refractivity contribution in [2.75, 3.05) is 6.61 Å². The number of nitrogens with zero attached hydrogens (tertiary/aromatic N) is 5. The van der Waals surface area contributed by atoms with Gasteiger partial charge in [-0.05, 0) is 58.0 Å².